The van der Waals surface area contributed by atoms with Crippen LogP contribution in [0.25, 0.3) is 0 Å². The number of sulfone groups is 1. The van der Waals surface area contributed by atoms with E-state index in [4.69, 9.17) is 4.74 Å². The van der Waals surface area contributed by atoms with E-state index in [1.165, 1.54) is 6.92 Å². The van der Waals surface area contributed by atoms with Crippen LogP contribution >= 0.6 is 0 Å². The maximum atomic E-state index is 12.3. The molecule has 1 aliphatic rings. The van der Waals surface area contributed by atoms with Gasteiger partial charge in [-0.25, -0.2) is 8.42 Å². The van der Waals surface area contributed by atoms with Crippen molar-refractivity contribution >= 4 is 15.7 Å². The van der Waals surface area contributed by atoms with Gasteiger partial charge in [0.2, 0.25) is 5.91 Å². The molecule has 0 radical (unpaired) electrons. The standard InChI is InChI=1S/C14H19NO4S/c1-12(14(16)15-7-9-19-10-8-15)20(17,18)11-13-5-3-2-4-6-13/h2-6,12H,7-11H2,1H3. The zero-order valence-electron chi connectivity index (χ0n) is 11.5. The van der Waals surface area contributed by atoms with Gasteiger partial charge in [0.05, 0.1) is 19.0 Å². The topological polar surface area (TPSA) is 63.7 Å². The third kappa shape index (κ3) is 3.58. The van der Waals surface area contributed by atoms with E-state index in [1.54, 1.807) is 29.2 Å². The third-order valence-corrected chi connectivity index (χ3v) is 5.43. The summed E-state index contributed by atoms with van der Waals surface area (Å²) in [5.41, 5.74) is 0.703. The number of carbonyl (C=O) groups excluding carboxylic acids is 1. The average molecular weight is 297 g/mol. The highest BCUT2D eigenvalue weighted by Gasteiger charge is 2.32. The molecular weight excluding hydrogens is 278 g/mol. The lowest BCUT2D eigenvalue weighted by molar-refractivity contribution is -0.134. The summed E-state index contributed by atoms with van der Waals surface area (Å²) >= 11 is 0. The second kappa shape index (κ2) is 6.37. The van der Waals surface area contributed by atoms with E-state index >= 15 is 0 Å². The van der Waals surface area contributed by atoms with Crippen LogP contribution in [0.4, 0.5) is 0 Å². The Balaban J connectivity index is 2.06. The zero-order valence-corrected chi connectivity index (χ0v) is 12.3. The van der Waals surface area contributed by atoms with E-state index in [9.17, 15) is 13.2 Å². The van der Waals surface area contributed by atoms with Crippen molar-refractivity contribution in [2.75, 3.05) is 26.3 Å². The van der Waals surface area contributed by atoms with Gasteiger partial charge in [-0.3, -0.25) is 4.79 Å². The molecule has 0 spiro atoms. The summed E-state index contributed by atoms with van der Waals surface area (Å²) in [5, 5.41) is -1.01. The predicted octanol–water partition coefficient (Wildman–Crippen LogP) is 0.849. The molecule has 1 amide bonds. The minimum absolute atomic E-state index is 0.106. The largest absolute Gasteiger partial charge is 0.378 e. The van der Waals surface area contributed by atoms with Crippen molar-refractivity contribution in [2.24, 2.45) is 0 Å². The van der Waals surface area contributed by atoms with Gasteiger partial charge in [-0.05, 0) is 12.5 Å². The molecule has 1 aliphatic heterocycles. The van der Waals surface area contributed by atoms with Crippen molar-refractivity contribution in [3.8, 4) is 0 Å². The minimum Gasteiger partial charge on any atom is -0.378 e. The molecule has 110 valence electrons. The monoisotopic (exact) mass is 297 g/mol. The maximum Gasteiger partial charge on any atom is 0.240 e. The summed E-state index contributed by atoms with van der Waals surface area (Å²) in [5.74, 6) is -0.435. The Morgan fingerprint density at radius 1 is 1.25 bits per heavy atom. The number of carbonyl (C=O) groups is 1. The molecule has 1 heterocycles. The molecule has 1 atom stereocenters. The number of hydrogen-bond donors (Lipinski definition) is 0. The first kappa shape index (κ1) is 15.0. The minimum atomic E-state index is -3.49. The fourth-order valence-electron chi connectivity index (χ4n) is 2.13. The summed E-state index contributed by atoms with van der Waals surface area (Å²) in [7, 11) is -3.49. The van der Waals surface area contributed by atoms with Crippen LogP contribution < -0.4 is 0 Å². The SMILES string of the molecule is CC(C(=O)N1CCOCC1)S(=O)(=O)Cc1ccccc1. The van der Waals surface area contributed by atoms with Crippen LogP contribution in [0.2, 0.25) is 0 Å². The Bertz CT molecular complexity index is 550. The van der Waals surface area contributed by atoms with Crippen molar-refractivity contribution in [2.45, 2.75) is 17.9 Å². The molecule has 0 N–H and O–H groups in total. The van der Waals surface area contributed by atoms with Gasteiger partial charge >= 0.3 is 0 Å². The molecule has 1 aromatic rings. The molecule has 0 aromatic heterocycles. The molecule has 1 aromatic carbocycles. The van der Waals surface area contributed by atoms with Crippen molar-refractivity contribution in [3.63, 3.8) is 0 Å². The van der Waals surface area contributed by atoms with Crippen LogP contribution in [0.15, 0.2) is 30.3 Å². The zero-order chi connectivity index (χ0) is 14.6. The quantitative estimate of drug-likeness (QED) is 0.826. The van der Waals surface area contributed by atoms with Crippen LogP contribution in [0.1, 0.15) is 12.5 Å². The lowest BCUT2D eigenvalue weighted by Gasteiger charge is -2.29. The van der Waals surface area contributed by atoms with Gasteiger partial charge in [0.25, 0.3) is 0 Å². The first-order valence-electron chi connectivity index (χ1n) is 6.63. The normalized spacial score (nSPS) is 17.8. The molecule has 20 heavy (non-hydrogen) atoms. The van der Waals surface area contributed by atoms with Crippen LogP contribution in [0.5, 0.6) is 0 Å². The van der Waals surface area contributed by atoms with Crippen molar-refractivity contribution < 1.29 is 17.9 Å². The average Bonchev–Trinajstić information content (AvgIpc) is 2.47. The van der Waals surface area contributed by atoms with E-state index < -0.39 is 15.1 Å². The second-order valence-electron chi connectivity index (χ2n) is 4.87. The highest BCUT2D eigenvalue weighted by atomic mass is 32.2. The fraction of sp³-hybridized carbons (Fsp3) is 0.500. The number of benzene rings is 1. The number of nitrogens with zero attached hydrogens (tertiary/aromatic N) is 1. The summed E-state index contributed by atoms with van der Waals surface area (Å²) in [6, 6.07) is 8.92. The van der Waals surface area contributed by atoms with Crippen molar-refractivity contribution in [1.29, 1.82) is 0 Å². The van der Waals surface area contributed by atoms with E-state index in [0.29, 0.717) is 31.9 Å². The van der Waals surface area contributed by atoms with Crippen LogP contribution in [0.3, 0.4) is 0 Å². The Kier molecular flexibility index (Phi) is 4.77. The number of hydrogen-bond acceptors (Lipinski definition) is 4. The molecule has 0 bridgehead atoms. The number of rotatable bonds is 4. The van der Waals surface area contributed by atoms with Gasteiger partial charge in [-0.2, -0.15) is 0 Å². The molecule has 1 unspecified atom stereocenters. The Morgan fingerprint density at radius 2 is 1.85 bits per heavy atom. The van der Waals surface area contributed by atoms with Gasteiger partial charge in [-0.15, -0.1) is 0 Å². The third-order valence-electron chi connectivity index (χ3n) is 3.42. The molecule has 1 fully saturated rings. The van der Waals surface area contributed by atoms with Gasteiger partial charge in [0.1, 0.15) is 5.25 Å². The summed E-state index contributed by atoms with van der Waals surface area (Å²) in [6.07, 6.45) is 0. The predicted molar refractivity (Wildman–Crippen MR) is 75.9 cm³/mol. The summed E-state index contributed by atoms with van der Waals surface area (Å²) in [4.78, 5) is 13.8. The lowest BCUT2D eigenvalue weighted by Crippen LogP contribution is -2.47. The smallest absolute Gasteiger partial charge is 0.240 e. The van der Waals surface area contributed by atoms with E-state index in [-0.39, 0.29) is 11.7 Å². The van der Waals surface area contributed by atoms with E-state index in [1.807, 2.05) is 6.07 Å². The van der Waals surface area contributed by atoms with Gasteiger partial charge in [0.15, 0.2) is 9.84 Å². The van der Waals surface area contributed by atoms with Crippen molar-refractivity contribution in [1.82, 2.24) is 4.90 Å². The highest BCUT2D eigenvalue weighted by molar-refractivity contribution is 7.92. The Labute approximate surface area is 119 Å². The van der Waals surface area contributed by atoms with E-state index in [0.717, 1.165) is 0 Å². The molecule has 6 heteroatoms. The number of ether oxygens (including phenoxy) is 1. The molecule has 0 saturated carbocycles. The van der Waals surface area contributed by atoms with Crippen LogP contribution in [-0.2, 0) is 25.1 Å². The fourth-order valence-corrected chi connectivity index (χ4v) is 3.49. The molecular formula is C14H19NO4S. The molecule has 1 saturated heterocycles. The molecule has 2 rings (SSSR count). The lowest BCUT2D eigenvalue weighted by atomic mass is 10.2. The number of amides is 1. The number of morpholine rings is 1. The first-order valence-corrected chi connectivity index (χ1v) is 8.34. The van der Waals surface area contributed by atoms with Gasteiger partial charge in [0, 0.05) is 13.1 Å². The summed E-state index contributed by atoms with van der Waals surface area (Å²) in [6.45, 7) is 3.33. The Morgan fingerprint density at radius 3 is 2.45 bits per heavy atom. The second-order valence-corrected chi connectivity index (χ2v) is 7.19. The van der Waals surface area contributed by atoms with Crippen LogP contribution in [0, 0.1) is 0 Å². The maximum absolute atomic E-state index is 12.3. The van der Waals surface area contributed by atoms with Crippen molar-refractivity contribution in [3.05, 3.63) is 35.9 Å². The van der Waals surface area contributed by atoms with E-state index in [2.05, 4.69) is 0 Å². The molecule has 5 nitrogen and oxygen atoms in total. The first-order chi connectivity index (χ1) is 9.50. The molecule has 0 aliphatic carbocycles. The van der Waals surface area contributed by atoms with Gasteiger partial charge in [-0.1, -0.05) is 30.3 Å². The van der Waals surface area contributed by atoms with Crippen LogP contribution in [-0.4, -0.2) is 50.8 Å². The highest BCUT2D eigenvalue weighted by Crippen LogP contribution is 2.14. The Hall–Kier alpha value is -1.40. The van der Waals surface area contributed by atoms with Gasteiger partial charge < -0.3 is 9.64 Å². The summed E-state index contributed by atoms with van der Waals surface area (Å²) < 4.78 is 29.8.